The zero-order valence-electron chi connectivity index (χ0n) is 24.9. The Morgan fingerprint density at radius 1 is 0.915 bits per heavy atom. The number of ether oxygens (including phenoxy) is 2. The van der Waals surface area contributed by atoms with E-state index in [1.807, 2.05) is 61.5 Å². The molecular weight excluding hydrogens is 677 g/mol. The van der Waals surface area contributed by atoms with Crippen molar-refractivity contribution >= 4 is 68.9 Å². The lowest BCUT2D eigenvalue weighted by Gasteiger charge is -2.23. The lowest BCUT2D eigenvalue weighted by Crippen LogP contribution is -2.29. The van der Waals surface area contributed by atoms with Crippen molar-refractivity contribution in [2.45, 2.75) is 29.7 Å². The van der Waals surface area contributed by atoms with Crippen LogP contribution in [0.25, 0.3) is 5.76 Å². The Kier molecular flexibility index (Phi) is 10.1. The number of aliphatic hydroxyl groups is 1. The van der Waals surface area contributed by atoms with Crippen molar-refractivity contribution < 1.29 is 24.2 Å². The first-order valence-corrected chi connectivity index (χ1v) is 17.1. The third-order valence-electron chi connectivity index (χ3n) is 7.29. The molecule has 0 saturated carbocycles. The molecule has 1 aliphatic rings. The van der Waals surface area contributed by atoms with Gasteiger partial charge in [-0.25, -0.2) is 0 Å². The van der Waals surface area contributed by atoms with Crippen LogP contribution in [-0.2, 0) is 21.9 Å². The summed E-state index contributed by atoms with van der Waals surface area (Å²) in [7, 11) is 0. The molecule has 47 heavy (non-hydrogen) atoms. The number of nitrogens with zero attached hydrogens (tertiary/aromatic N) is 3. The molecule has 4 aromatic carbocycles. The van der Waals surface area contributed by atoms with E-state index in [1.54, 1.807) is 42.5 Å². The lowest BCUT2D eigenvalue weighted by atomic mass is 9.95. The van der Waals surface area contributed by atoms with Crippen molar-refractivity contribution in [3.05, 3.63) is 135 Å². The number of benzene rings is 4. The van der Waals surface area contributed by atoms with Gasteiger partial charge in [-0.15, -0.1) is 10.2 Å². The molecule has 5 aromatic rings. The molecule has 1 amide bonds. The number of amides is 1. The van der Waals surface area contributed by atoms with Crippen LogP contribution in [0.1, 0.15) is 35.2 Å². The van der Waals surface area contributed by atoms with Gasteiger partial charge < -0.3 is 14.6 Å². The highest BCUT2D eigenvalue weighted by molar-refractivity contribution is 8.00. The first kappa shape index (κ1) is 32.6. The average Bonchev–Trinajstić information content (AvgIpc) is 3.66. The molecule has 1 atom stereocenters. The monoisotopic (exact) mass is 703 g/mol. The van der Waals surface area contributed by atoms with Crippen LogP contribution >= 0.6 is 46.3 Å². The molecule has 0 aliphatic carbocycles. The Morgan fingerprint density at radius 3 is 2.40 bits per heavy atom. The molecule has 12 heteroatoms. The van der Waals surface area contributed by atoms with Crippen molar-refractivity contribution in [1.82, 2.24) is 10.2 Å². The number of anilines is 1. The van der Waals surface area contributed by atoms with E-state index in [4.69, 9.17) is 32.7 Å². The largest absolute Gasteiger partial charge is 0.507 e. The fraction of sp³-hybridized carbons (Fsp3) is 0.143. The van der Waals surface area contributed by atoms with Gasteiger partial charge in [0.05, 0.1) is 18.2 Å². The van der Waals surface area contributed by atoms with Gasteiger partial charge in [0.25, 0.3) is 5.78 Å². The highest BCUT2D eigenvalue weighted by Gasteiger charge is 2.48. The van der Waals surface area contributed by atoms with Gasteiger partial charge in [-0.2, -0.15) is 0 Å². The average molecular weight is 705 g/mol. The van der Waals surface area contributed by atoms with Gasteiger partial charge in [0, 0.05) is 21.4 Å². The van der Waals surface area contributed by atoms with E-state index in [9.17, 15) is 14.7 Å². The van der Waals surface area contributed by atoms with E-state index in [2.05, 4.69) is 10.2 Å². The molecule has 1 fully saturated rings. The smallest absolute Gasteiger partial charge is 0.301 e. The van der Waals surface area contributed by atoms with Gasteiger partial charge in [-0.1, -0.05) is 101 Å². The SMILES string of the molecule is CCOc1cc(C2/C(=C(\O)c3ccc(Cl)cc3)C(=O)C(=O)N2c2nnc(SCc3ccccc3Cl)s2)ccc1OCc1ccccc1. The third kappa shape index (κ3) is 7.16. The highest BCUT2D eigenvalue weighted by atomic mass is 35.5. The topological polar surface area (TPSA) is 102 Å². The Hall–Kier alpha value is -4.35. The standard InChI is InChI=1S/C35H27Cl2N3O5S2/c1-2-44-28-18-23(14-17-27(28)45-19-21-8-4-3-5-9-21)30-29(31(41)22-12-15-25(36)16-13-22)32(42)33(43)40(30)34-38-39-35(47-34)46-20-24-10-6-7-11-26(24)37/h3-18,30,41H,2,19-20H2,1H3/b31-29+. The van der Waals surface area contributed by atoms with Crippen LogP contribution in [0.4, 0.5) is 5.13 Å². The maximum atomic E-state index is 13.7. The maximum absolute atomic E-state index is 13.7. The van der Waals surface area contributed by atoms with Crippen LogP contribution in [0.5, 0.6) is 11.5 Å². The van der Waals surface area contributed by atoms with Gasteiger partial charge >= 0.3 is 5.91 Å². The Morgan fingerprint density at radius 2 is 1.66 bits per heavy atom. The van der Waals surface area contributed by atoms with E-state index >= 15 is 0 Å². The normalized spacial score (nSPS) is 15.6. The number of carbonyl (C=O) groups is 2. The van der Waals surface area contributed by atoms with Crippen molar-refractivity contribution in [3.8, 4) is 11.5 Å². The van der Waals surface area contributed by atoms with E-state index in [-0.39, 0.29) is 16.5 Å². The molecule has 8 nitrogen and oxygen atoms in total. The van der Waals surface area contributed by atoms with E-state index in [1.165, 1.54) is 28.0 Å². The summed E-state index contributed by atoms with van der Waals surface area (Å²) in [4.78, 5) is 28.7. The van der Waals surface area contributed by atoms with E-state index in [0.717, 1.165) is 11.1 Å². The summed E-state index contributed by atoms with van der Waals surface area (Å²) in [5.74, 6) is -0.589. The van der Waals surface area contributed by atoms with E-state index in [0.29, 0.717) is 56.0 Å². The van der Waals surface area contributed by atoms with Gasteiger partial charge in [-0.3, -0.25) is 14.5 Å². The minimum Gasteiger partial charge on any atom is -0.507 e. The predicted molar refractivity (Wildman–Crippen MR) is 186 cm³/mol. The molecule has 1 N–H and O–H groups in total. The molecule has 6 rings (SSSR count). The first-order valence-electron chi connectivity index (χ1n) is 14.5. The number of carbonyl (C=O) groups excluding carboxylic acids is 2. The second kappa shape index (κ2) is 14.6. The summed E-state index contributed by atoms with van der Waals surface area (Å²) in [6.07, 6.45) is 0. The van der Waals surface area contributed by atoms with Gasteiger partial charge in [-0.05, 0) is 66.1 Å². The van der Waals surface area contributed by atoms with Gasteiger partial charge in [0.1, 0.15) is 12.4 Å². The summed E-state index contributed by atoms with van der Waals surface area (Å²) >= 11 is 15.0. The number of aliphatic hydroxyl groups excluding tert-OH is 1. The van der Waals surface area contributed by atoms with E-state index < -0.39 is 17.7 Å². The zero-order chi connectivity index (χ0) is 32.9. The lowest BCUT2D eigenvalue weighted by molar-refractivity contribution is -0.132. The summed E-state index contributed by atoms with van der Waals surface area (Å²) in [5, 5.41) is 21.4. The second-order valence-electron chi connectivity index (χ2n) is 10.3. The third-order valence-corrected chi connectivity index (χ3v) is 10.0. The Labute approximate surface area is 289 Å². The molecule has 0 spiro atoms. The summed E-state index contributed by atoms with van der Waals surface area (Å²) in [6.45, 7) is 2.51. The quantitative estimate of drug-likeness (QED) is 0.0479. The highest BCUT2D eigenvalue weighted by Crippen LogP contribution is 2.46. The number of ketones is 1. The molecule has 1 aromatic heterocycles. The van der Waals surface area contributed by atoms with Crippen molar-refractivity contribution in [2.24, 2.45) is 0 Å². The van der Waals surface area contributed by atoms with Crippen LogP contribution in [-0.4, -0.2) is 33.6 Å². The van der Waals surface area contributed by atoms with Crippen LogP contribution in [0.3, 0.4) is 0 Å². The fourth-order valence-electron chi connectivity index (χ4n) is 5.04. The number of aromatic nitrogens is 2. The minimum atomic E-state index is -1.04. The zero-order valence-corrected chi connectivity index (χ0v) is 28.1. The number of rotatable bonds is 11. The van der Waals surface area contributed by atoms with Crippen LogP contribution in [0.15, 0.2) is 107 Å². The van der Waals surface area contributed by atoms with Crippen LogP contribution in [0, 0.1) is 0 Å². The van der Waals surface area contributed by atoms with Crippen LogP contribution < -0.4 is 14.4 Å². The van der Waals surface area contributed by atoms with Crippen molar-refractivity contribution in [2.75, 3.05) is 11.5 Å². The number of thioether (sulfide) groups is 1. The van der Waals surface area contributed by atoms with Gasteiger partial charge in [0.15, 0.2) is 15.8 Å². The molecule has 1 aliphatic heterocycles. The Bertz CT molecular complexity index is 1950. The number of halogens is 2. The first-order chi connectivity index (χ1) is 22.8. The molecule has 0 bridgehead atoms. The van der Waals surface area contributed by atoms with Crippen LogP contribution in [0.2, 0.25) is 10.0 Å². The molecule has 238 valence electrons. The molecule has 1 unspecified atom stereocenters. The number of Topliss-reactive ketones (excluding diaryl/α,β-unsaturated/α-hetero) is 1. The number of hydrogen-bond acceptors (Lipinski definition) is 9. The summed E-state index contributed by atoms with van der Waals surface area (Å²) < 4.78 is 12.6. The van der Waals surface area contributed by atoms with Gasteiger partial charge in [0.2, 0.25) is 5.13 Å². The molecular formula is C35H27Cl2N3O5S2. The molecule has 0 radical (unpaired) electrons. The molecule has 2 heterocycles. The number of hydrogen-bond donors (Lipinski definition) is 1. The minimum absolute atomic E-state index is 0.0989. The predicted octanol–water partition coefficient (Wildman–Crippen LogP) is 8.74. The fourth-order valence-corrected chi connectivity index (χ4v) is 7.32. The molecule has 1 saturated heterocycles. The summed E-state index contributed by atoms with van der Waals surface area (Å²) in [6, 6.07) is 27.8. The Balaban J connectivity index is 1.39. The van der Waals surface area contributed by atoms with Crippen molar-refractivity contribution in [1.29, 1.82) is 0 Å². The maximum Gasteiger partial charge on any atom is 0.301 e. The summed E-state index contributed by atoms with van der Waals surface area (Å²) in [5.41, 5.74) is 2.65. The second-order valence-corrected chi connectivity index (χ2v) is 13.3. The van der Waals surface area contributed by atoms with Crippen molar-refractivity contribution in [3.63, 3.8) is 0 Å².